The number of nitrogens with zero attached hydrogens (tertiary/aromatic N) is 1. The summed E-state index contributed by atoms with van der Waals surface area (Å²) in [4.78, 5) is 111. The standard InChI is InChI=1S/C51H64N6O9/c1-2-3-28-40(46(60)50(64)53-30-42(58)55-43(47(52)61)34-20-10-5-11-21-34)54-49(63)41-29-37(66-32-33-18-8-4-9-19-33)31-57(41)51(65)44(35-22-12-6-13-23-35)56-48(62)39-27-17-16-26-38(39)45(59)36-24-14-7-15-25-36/h4-5,7-11,14-15,18-21,24-25,35,37-41,43-44H,2-3,6,12-13,16-17,22-23,26-32H2,1H3,(H2,52,61)(H,53,64)(H,54,63)(H,55,58)(H,56,62). The van der Waals surface area contributed by atoms with Gasteiger partial charge in [-0.05, 0) is 49.1 Å². The van der Waals surface area contributed by atoms with Crippen LogP contribution in [-0.4, -0.2) is 89.2 Å². The minimum atomic E-state index is -1.29. The number of carbonyl (C=O) groups excluding carboxylic acids is 8. The van der Waals surface area contributed by atoms with Gasteiger partial charge in [0.15, 0.2) is 5.78 Å². The lowest BCUT2D eigenvalue weighted by atomic mass is 9.74. The lowest BCUT2D eigenvalue weighted by Gasteiger charge is -2.37. The summed E-state index contributed by atoms with van der Waals surface area (Å²) in [5.41, 5.74) is 7.42. The molecule has 15 nitrogen and oxygen atoms in total. The summed E-state index contributed by atoms with van der Waals surface area (Å²) in [5, 5.41) is 10.7. The number of nitrogens with two attached hydrogens (primary N) is 1. The number of rotatable bonds is 21. The van der Waals surface area contributed by atoms with E-state index in [1.54, 1.807) is 54.6 Å². The molecule has 2 saturated carbocycles. The van der Waals surface area contributed by atoms with E-state index in [0.717, 1.165) is 37.7 Å². The van der Waals surface area contributed by atoms with E-state index in [1.165, 1.54) is 4.90 Å². The minimum absolute atomic E-state index is 0.0415. The van der Waals surface area contributed by atoms with E-state index in [9.17, 15) is 33.6 Å². The molecule has 6 rings (SSSR count). The van der Waals surface area contributed by atoms with Gasteiger partial charge in [0.2, 0.25) is 35.3 Å². The fraction of sp³-hybridized carbons (Fsp3) is 0.490. The zero-order valence-electron chi connectivity index (χ0n) is 37.8. The van der Waals surface area contributed by atoms with Gasteiger partial charge in [0.05, 0.1) is 25.3 Å². The van der Waals surface area contributed by atoms with Crippen LogP contribution >= 0.6 is 0 Å². The lowest BCUT2D eigenvalue weighted by molar-refractivity contribution is -0.145. The maximum atomic E-state index is 15.1. The van der Waals surface area contributed by atoms with E-state index in [0.29, 0.717) is 49.7 Å². The summed E-state index contributed by atoms with van der Waals surface area (Å²) < 4.78 is 6.32. The Bertz CT molecular complexity index is 2150. The van der Waals surface area contributed by atoms with Crippen LogP contribution in [0.15, 0.2) is 91.0 Å². The molecule has 1 heterocycles. The number of benzene rings is 3. The number of primary amides is 1. The van der Waals surface area contributed by atoms with Crippen LogP contribution < -0.4 is 27.0 Å². The highest BCUT2D eigenvalue weighted by Gasteiger charge is 2.46. The molecule has 6 amide bonds. The number of Topliss-reactive ketones (excluding diaryl/α,β-unsaturated/α-hetero) is 2. The van der Waals surface area contributed by atoms with Crippen LogP contribution in [0.1, 0.15) is 118 Å². The topological polar surface area (TPSA) is 223 Å². The zero-order valence-corrected chi connectivity index (χ0v) is 37.8. The molecule has 0 radical (unpaired) electrons. The number of hydrogen-bond donors (Lipinski definition) is 5. The second-order valence-corrected chi connectivity index (χ2v) is 17.8. The number of hydrogen-bond acceptors (Lipinski definition) is 9. The first-order chi connectivity index (χ1) is 31.9. The van der Waals surface area contributed by atoms with Crippen LogP contribution in [0, 0.1) is 17.8 Å². The van der Waals surface area contributed by atoms with E-state index in [2.05, 4.69) is 21.3 Å². The second kappa shape index (κ2) is 24.3. The Morgan fingerprint density at radius 3 is 2.00 bits per heavy atom. The van der Waals surface area contributed by atoms with Crippen molar-refractivity contribution in [3.63, 3.8) is 0 Å². The molecule has 0 bridgehead atoms. The summed E-state index contributed by atoms with van der Waals surface area (Å²) in [7, 11) is 0. The third kappa shape index (κ3) is 13.2. The van der Waals surface area contributed by atoms with Crippen LogP contribution in [0.25, 0.3) is 0 Å². The zero-order chi connectivity index (χ0) is 47.0. The molecule has 3 aromatic carbocycles. The number of ether oxygens (including phenoxy) is 1. The number of unbranched alkanes of at least 4 members (excludes halogenated alkanes) is 1. The SMILES string of the molecule is CCCCC(NC(=O)C1CC(OCc2ccccc2)CN1C(=O)C(NC(=O)C1CCCCC1C(=O)c1ccccc1)C1CCCCC1)C(=O)C(=O)NCC(=O)NC(C(N)=O)c1ccccc1. The normalized spacial score (nSPS) is 21.1. The minimum Gasteiger partial charge on any atom is -0.372 e. The Morgan fingerprint density at radius 2 is 1.35 bits per heavy atom. The summed E-state index contributed by atoms with van der Waals surface area (Å²) in [5.74, 6) is -6.56. The van der Waals surface area contributed by atoms with Gasteiger partial charge in [0.25, 0.3) is 5.91 Å². The van der Waals surface area contributed by atoms with Crippen molar-refractivity contribution in [3.05, 3.63) is 108 Å². The van der Waals surface area contributed by atoms with E-state index in [4.69, 9.17) is 10.5 Å². The van der Waals surface area contributed by atoms with Gasteiger partial charge < -0.3 is 36.6 Å². The summed E-state index contributed by atoms with van der Waals surface area (Å²) >= 11 is 0. The molecule has 3 fully saturated rings. The number of amides is 6. The molecule has 2 aliphatic carbocycles. The van der Waals surface area contributed by atoms with Gasteiger partial charge in [-0.2, -0.15) is 0 Å². The van der Waals surface area contributed by atoms with Gasteiger partial charge in [0.1, 0.15) is 18.1 Å². The van der Waals surface area contributed by atoms with Crippen molar-refractivity contribution in [2.45, 2.75) is 127 Å². The van der Waals surface area contributed by atoms with Crippen molar-refractivity contribution in [1.82, 2.24) is 26.2 Å². The molecule has 1 saturated heterocycles. The van der Waals surface area contributed by atoms with Crippen molar-refractivity contribution in [1.29, 1.82) is 0 Å². The Labute approximate surface area is 386 Å². The van der Waals surface area contributed by atoms with Gasteiger partial charge in [-0.15, -0.1) is 0 Å². The summed E-state index contributed by atoms with van der Waals surface area (Å²) in [6.07, 6.45) is 7.55. The van der Waals surface area contributed by atoms with Crippen molar-refractivity contribution in [2.75, 3.05) is 13.1 Å². The fourth-order valence-electron chi connectivity index (χ4n) is 9.59. The molecular formula is C51H64N6O9. The molecule has 66 heavy (non-hydrogen) atoms. The molecule has 0 aromatic heterocycles. The van der Waals surface area contributed by atoms with E-state index in [-0.39, 0.29) is 43.6 Å². The first kappa shape index (κ1) is 49.2. The molecule has 352 valence electrons. The average molecular weight is 905 g/mol. The smallest absolute Gasteiger partial charge is 0.290 e. The summed E-state index contributed by atoms with van der Waals surface area (Å²) in [6.45, 7) is 1.52. The van der Waals surface area contributed by atoms with Crippen LogP contribution in [0.5, 0.6) is 0 Å². The van der Waals surface area contributed by atoms with Gasteiger partial charge in [-0.1, -0.05) is 143 Å². The second-order valence-electron chi connectivity index (χ2n) is 17.8. The third-order valence-electron chi connectivity index (χ3n) is 13.2. The number of likely N-dealkylation sites (tertiary alicyclic amines) is 1. The van der Waals surface area contributed by atoms with Gasteiger partial charge >= 0.3 is 0 Å². The summed E-state index contributed by atoms with van der Waals surface area (Å²) in [6, 6.07) is 22.2. The molecule has 7 atom stereocenters. The van der Waals surface area contributed by atoms with Crippen molar-refractivity contribution in [2.24, 2.45) is 23.5 Å². The molecule has 6 N–H and O–H groups in total. The van der Waals surface area contributed by atoms with E-state index in [1.807, 2.05) is 43.3 Å². The molecule has 1 aliphatic heterocycles. The predicted octanol–water partition coefficient (Wildman–Crippen LogP) is 4.63. The van der Waals surface area contributed by atoms with Crippen LogP contribution in [0.3, 0.4) is 0 Å². The molecule has 7 unspecified atom stereocenters. The molecule has 15 heteroatoms. The predicted molar refractivity (Wildman–Crippen MR) is 246 cm³/mol. The Morgan fingerprint density at radius 1 is 0.727 bits per heavy atom. The van der Waals surface area contributed by atoms with Crippen molar-refractivity contribution < 1.29 is 43.1 Å². The molecule has 3 aromatic rings. The highest BCUT2D eigenvalue weighted by atomic mass is 16.5. The average Bonchev–Trinajstić information content (AvgIpc) is 3.79. The molecular weight excluding hydrogens is 841 g/mol. The van der Waals surface area contributed by atoms with Crippen LogP contribution in [-0.2, 0) is 44.9 Å². The van der Waals surface area contributed by atoms with Crippen LogP contribution in [0.4, 0.5) is 0 Å². The molecule has 3 aliphatic rings. The number of nitrogens with one attached hydrogen (secondary N) is 4. The highest BCUT2D eigenvalue weighted by Crippen LogP contribution is 2.35. The van der Waals surface area contributed by atoms with Crippen molar-refractivity contribution in [3.8, 4) is 0 Å². The monoisotopic (exact) mass is 904 g/mol. The lowest BCUT2D eigenvalue weighted by Crippen LogP contribution is -2.59. The number of carbonyl (C=O) groups is 8. The Kier molecular flexibility index (Phi) is 18.2. The van der Waals surface area contributed by atoms with Crippen molar-refractivity contribution >= 4 is 47.0 Å². The largest absolute Gasteiger partial charge is 0.372 e. The van der Waals surface area contributed by atoms with E-state index >= 15 is 4.79 Å². The Balaban J connectivity index is 1.19. The fourth-order valence-corrected chi connectivity index (χ4v) is 9.59. The van der Waals surface area contributed by atoms with Crippen LogP contribution in [0.2, 0.25) is 0 Å². The third-order valence-corrected chi connectivity index (χ3v) is 13.2. The quantitative estimate of drug-likeness (QED) is 0.0742. The van der Waals surface area contributed by atoms with Gasteiger partial charge in [0, 0.05) is 30.4 Å². The van der Waals surface area contributed by atoms with E-state index < -0.39 is 84.0 Å². The number of ketones is 2. The van der Waals surface area contributed by atoms with Gasteiger partial charge in [-0.25, -0.2) is 0 Å². The first-order valence-corrected chi connectivity index (χ1v) is 23.6. The first-order valence-electron chi connectivity index (χ1n) is 23.6. The maximum absolute atomic E-state index is 15.1. The maximum Gasteiger partial charge on any atom is 0.290 e. The molecule has 0 spiro atoms. The highest BCUT2D eigenvalue weighted by molar-refractivity contribution is 6.38. The van der Waals surface area contributed by atoms with Gasteiger partial charge in [-0.3, -0.25) is 38.4 Å². The Hall–Kier alpha value is -6.22.